The number of nitrogens with two attached hydrogens (primary N) is 1. The molecular weight excluding hydrogens is 282 g/mol. The fraction of sp³-hybridized carbons (Fsp3) is 0.267. The molecule has 2 aromatic rings. The standard InChI is InChI=1S/C15H17N5O2/c16-15-20-12(8-22-15)6-3-10-1-4-11(5-2-10)19-14(21)13-7-17-9-18-13/h1-2,4-5,7,9,12H,3,6,8H2,(H2,16,20)(H,17,18)(H,19,21). The Morgan fingerprint density at radius 1 is 1.41 bits per heavy atom. The van der Waals surface area contributed by atoms with E-state index in [1.54, 1.807) is 0 Å². The first-order valence-electron chi connectivity index (χ1n) is 7.05. The molecule has 7 nitrogen and oxygen atoms in total. The lowest BCUT2D eigenvalue weighted by atomic mass is 10.1. The summed E-state index contributed by atoms with van der Waals surface area (Å²) in [6.07, 6.45) is 4.74. The SMILES string of the molecule is NC1=NC(CCc2ccc(NC(=O)c3cnc[nH]3)cc2)CO1. The van der Waals surface area contributed by atoms with Gasteiger partial charge in [-0.25, -0.2) is 9.98 Å². The largest absolute Gasteiger partial charge is 0.463 e. The Hall–Kier alpha value is -2.83. The molecule has 1 atom stereocenters. The molecule has 1 aliphatic heterocycles. The van der Waals surface area contributed by atoms with Crippen LogP contribution in [0.1, 0.15) is 22.5 Å². The van der Waals surface area contributed by atoms with Crippen molar-refractivity contribution in [1.29, 1.82) is 0 Å². The number of H-pyrrole nitrogens is 1. The molecule has 114 valence electrons. The normalized spacial score (nSPS) is 16.9. The van der Waals surface area contributed by atoms with Crippen LogP contribution in [0.2, 0.25) is 0 Å². The Morgan fingerprint density at radius 2 is 2.23 bits per heavy atom. The number of amides is 1. The Bertz CT molecular complexity index is 664. The van der Waals surface area contributed by atoms with E-state index in [0.717, 1.165) is 18.5 Å². The number of hydrogen-bond acceptors (Lipinski definition) is 5. The lowest BCUT2D eigenvalue weighted by molar-refractivity contribution is 0.102. The second kappa shape index (κ2) is 6.30. The van der Waals surface area contributed by atoms with Gasteiger partial charge in [0.25, 0.3) is 11.9 Å². The Labute approximate surface area is 127 Å². The molecule has 22 heavy (non-hydrogen) atoms. The molecule has 0 fully saturated rings. The minimum Gasteiger partial charge on any atom is -0.463 e. The van der Waals surface area contributed by atoms with E-state index in [1.165, 1.54) is 18.1 Å². The fourth-order valence-corrected chi connectivity index (χ4v) is 2.25. The number of aromatic amines is 1. The highest BCUT2D eigenvalue weighted by atomic mass is 16.5. The van der Waals surface area contributed by atoms with Crippen LogP contribution in [0.5, 0.6) is 0 Å². The predicted octanol–water partition coefficient (Wildman–Crippen LogP) is 1.31. The molecule has 0 saturated carbocycles. The number of hydrogen-bond donors (Lipinski definition) is 3. The van der Waals surface area contributed by atoms with Crippen molar-refractivity contribution in [3.8, 4) is 0 Å². The highest BCUT2D eigenvalue weighted by Gasteiger charge is 2.16. The van der Waals surface area contributed by atoms with Gasteiger partial charge in [0.15, 0.2) is 0 Å². The summed E-state index contributed by atoms with van der Waals surface area (Å²) in [5, 5.41) is 2.81. The number of amidine groups is 1. The van der Waals surface area contributed by atoms with Gasteiger partial charge in [0.2, 0.25) is 0 Å². The molecule has 1 aliphatic rings. The minimum absolute atomic E-state index is 0.139. The van der Waals surface area contributed by atoms with Gasteiger partial charge in [0.05, 0.1) is 18.6 Å². The fourth-order valence-electron chi connectivity index (χ4n) is 2.25. The van der Waals surface area contributed by atoms with Gasteiger partial charge >= 0.3 is 0 Å². The zero-order chi connectivity index (χ0) is 15.4. The zero-order valence-electron chi connectivity index (χ0n) is 12.0. The summed E-state index contributed by atoms with van der Waals surface area (Å²) in [5.74, 6) is -0.210. The number of carbonyl (C=O) groups excluding carboxylic acids is 1. The number of rotatable bonds is 5. The topological polar surface area (TPSA) is 105 Å². The van der Waals surface area contributed by atoms with Crippen LogP contribution in [0.25, 0.3) is 0 Å². The lowest BCUT2D eigenvalue weighted by Gasteiger charge is -2.07. The highest BCUT2D eigenvalue weighted by Crippen LogP contribution is 2.15. The number of nitrogens with one attached hydrogen (secondary N) is 2. The van der Waals surface area contributed by atoms with Crippen molar-refractivity contribution < 1.29 is 9.53 Å². The van der Waals surface area contributed by atoms with Crippen molar-refractivity contribution in [1.82, 2.24) is 9.97 Å². The summed E-state index contributed by atoms with van der Waals surface area (Å²) < 4.78 is 5.12. The monoisotopic (exact) mass is 299 g/mol. The molecule has 2 heterocycles. The summed E-state index contributed by atoms with van der Waals surface area (Å²) in [4.78, 5) is 22.6. The van der Waals surface area contributed by atoms with E-state index in [1.807, 2.05) is 24.3 Å². The number of benzene rings is 1. The van der Waals surface area contributed by atoms with Gasteiger partial charge in [-0.1, -0.05) is 12.1 Å². The summed E-state index contributed by atoms with van der Waals surface area (Å²) in [6.45, 7) is 0.560. The third-order valence-electron chi connectivity index (χ3n) is 3.45. The molecular formula is C15H17N5O2. The predicted molar refractivity (Wildman–Crippen MR) is 82.7 cm³/mol. The minimum atomic E-state index is -0.210. The molecule has 7 heteroatoms. The Balaban J connectivity index is 1.53. The van der Waals surface area contributed by atoms with Gasteiger partial charge in [-0.3, -0.25) is 4.79 Å². The van der Waals surface area contributed by atoms with Crippen LogP contribution < -0.4 is 11.1 Å². The van der Waals surface area contributed by atoms with Gasteiger partial charge in [0.1, 0.15) is 12.3 Å². The van der Waals surface area contributed by atoms with Crippen LogP contribution in [0.4, 0.5) is 5.69 Å². The first kappa shape index (κ1) is 14.1. The summed E-state index contributed by atoms with van der Waals surface area (Å²) in [5.41, 5.74) is 7.84. The van der Waals surface area contributed by atoms with Crippen LogP contribution in [0.3, 0.4) is 0 Å². The smallest absolute Gasteiger partial charge is 0.282 e. The number of imidazole rings is 1. The van der Waals surface area contributed by atoms with Crippen molar-refractivity contribution in [2.24, 2.45) is 10.7 Å². The number of anilines is 1. The molecule has 4 N–H and O–H groups in total. The first-order valence-corrected chi connectivity index (χ1v) is 7.05. The maximum atomic E-state index is 11.9. The van der Waals surface area contributed by atoms with Crippen LogP contribution in [-0.4, -0.2) is 34.5 Å². The number of aryl methyl sites for hydroxylation is 1. The number of aliphatic imine (C=N–C) groups is 1. The average molecular weight is 299 g/mol. The van der Waals surface area contributed by atoms with E-state index >= 15 is 0 Å². The van der Waals surface area contributed by atoms with E-state index in [-0.39, 0.29) is 18.0 Å². The maximum absolute atomic E-state index is 11.9. The van der Waals surface area contributed by atoms with Crippen molar-refractivity contribution in [2.75, 3.05) is 11.9 Å². The van der Waals surface area contributed by atoms with Gasteiger partial charge in [-0.2, -0.15) is 0 Å². The third-order valence-corrected chi connectivity index (χ3v) is 3.45. The number of aromatic nitrogens is 2. The summed E-state index contributed by atoms with van der Waals surface area (Å²) in [7, 11) is 0. The van der Waals surface area contributed by atoms with Crippen LogP contribution in [0, 0.1) is 0 Å². The van der Waals surface area contributed by atoms with E-state index < -0.39 is 0 Å². The first-order chi connectivity index (χ1) is 10.7. The van der Waals surface area contributed by atoms with Gasteiger partial charge in [0, 0.05) is 5.69 Å². The summed E-state index contributed by atoms with van der Waals surface area (Å²) in [6, 6.07) is 8.16. The average Bonchev–Trinajstić information content (AvgIpc) is 3.18. The quantitative estimate of drug-likeness (QED) is 0.774. The molecule has 1 amide bonds. The van der Waals surface area contributed by atoms with Gasteiger partial charge in [-0.05, 0) is 30.5 Å². The maximum Gasteiger partial charge on any atom is 0.282 e. The van der Waals surface area contributed by atoms with Crippen LogP contribution in [0.15, 0.2) is 41.8 Å². The van der Waals surface area contributed by atoms with E-state index in [0.29, 0.717) is 12.3 Å². The van der Waals surface area contributed by atoms with E-state index in [2.05, 4.69) is 20.3 Å². The molecule has 1 aromatic heterocycles. The van der Waals surface area contributed by atoms with Crippen LogP contribution >= 0.6 is 0 Å². The molecule has 1 unspecified atom stereocenters. The Kier molecular flexibility index (Phi) is 4.04. The second-order valence-corrected chi connectivity index (χ2v) is 5.09. The lowest BCUT2D eigenvalue weighted by Crippen LogP contribution is -2.12. The molecule has 0 spiro atoms. The van der Waals surface area contributed by atoms with E-state index in [4.69, 9.17) is 10.5 Å². The van der Waals surface area contributed by atoms with Crippen LogP contribution in [-0.2, 0) is 11.2 Å². The van der Waals surface area contributed by atoms with Crippen molar-refractivity contribution in [2.45, 2.75) is 18.9 Å². The molecule has 1 aromatic carbocycles. The third kappa shape index (κ3) is 3.43. The van der Waals surface area contributed by atoms with E-state index in [9.17, 15) is 4.79 Å². The van der Waals surface area contributed by atoms with Crippen molar-refractivity contribution >= 4 is 17.6 Å². The second-order valence-electron chi connectivity index (χ2n) is 5.09. The molecule has 3 rings (SSSR count). The number of nitrogens with zero attached hydrogens (tertiary/aromatic N) is 2. The van der Waals surface area contributed by atoms with Gasteiger partial charge < -0.3 is 20.8 Å². The van der Waals surface area contributed by atoms with Crippen molar-refractivity contribution in [3.63, 3.8) is 0 Å². The number of ether oxygens (including phenoxy) is 1. The zero-order valence-corrected chi connectivity index (χ0v) is 12.0. The highest BCUT2D eigenvalue weighted by molar-refractivity contribution is 6.02. The van der Waals surface area contributed by atoms with Crippen molar-refractivity contribution in [3.05, 3.63) is 48.0 Å². The molecule has 0 radical (unpaired) electrons. The molecule has 0 aliphatic carbocycles. The molecule has 0 bridgehead atoms. The van der Waals surface area contributed by atoms with Gasteiger partial charge in [-0.15, -0.1) is 0 Å². The Morgan fingerprint density at radius 3 is 2.86 bits per heavy atom. The molecule has 0 saturated heterocycles. The summed E-state index contributed by atoms with van der Waals surface area (Å²) >= 11 is 0. The number of carbonyl (C=O) groups is 1.